The number of carbonyl (C=O) groups excluding carboxylic acids is 11. The number of rotatable bonds is 37. The molecule has 30 heteroatoms. The maximum absolute atomic E-state index is 14.6. The highest BCUT2D eigenvalue weighted by Crippen LogP contribution is 2.20. The first kappa shape index (κ1) is 72.0. The molecule has 4 rings (SSSR count). The number of hydrogen-bond donors (Lipinski definition) is 18. The molecule has 4 aromatic rings. The quantitative estimate of drug-likeness (QED) is 0.0204. The number of amides is 11. The summed E-state index contributed by atoms with van der Waals surface area (Å²) in [5, 5.41) is 72.0. The van der Waals surface area contributed by atoms with Crippen LogP contribution in [-0.4, -0.2) is 182 Å². The number of aromatic nitrogens is 1. The van der Waals surface area contributed by atoms with Gasteiger partial charge in [-0.1, -0.05) is 88.4 Å². The summed E-state index contributed by atoms with van der Waals surface area (Å²) in [6, 6.07) is 4.42. The molecule has 0 aliphatic rings. The Hall–Kier alpha value is -9.52. The lowest BCUT2D eigenvalue weighted by molar-refractivity contribution is -0.143. The summed E-state index contributed by atoms with van der Waals surface area (Å²) in [6.07, 6.45) is -1.18. The number of carbonyl (C=O) groups is 12. The van der Waals surface area contributed by atoms with Crippen molar-refractivity contribution in [2.24, 2.45) is 29.0 Å². The van der Waals surface area contributed by atoms with Gasteiger partial charge < -0.3 is 95.6 Å². The normalized spacial score (nSPS) is 14.6. The van der Waals surface area contributed by atoms with Crippen LogP contribution in [0.25, 0.3) is 10.9 Å². The number of phenols is 1. The number of H-pyrrole nitrogens is 1. The lowest BCUT2D eigenvalue weighted by Gasteiger charge is -2.28. The molecule has 11 amide bonds. The van der Waals surface area contributed by atoms with Crippen LogP contribution in [0.4, 0.5) is 0 Å². The summed E-state index contributed by atoms with van der Waals surface area (Å²) in [6.45, 7) is 4.02. The Bertz CT molecular complexity index is 3110. The first-order valence-electron chi connectivity index (χ1n) is 28.6. The molecule has 3 aromatic carbocycles. The summed E-state index contributed by atoms with van der Waals surface area (Å²) in [5.41, 5.74) is 18.6. The second kappa shape index (κ2) is 35.3. The number of nitrogens with two attached hydrogens (primary N) is 3. The summed E-state index contributed by atoms with van der Waals surface area (Å²) in [5.74, 6) is -13.6. The van der Waals surface area contributed by atoms with E-state index in [1.54, 1.807) is 88.5 Å². The molecular formula is C59H81N13O17. The number of nitrogens with one attached hydrogen (secondary N) is 10. The van der Waals surface area contributed by atoms with Crippen molar-refractivity contribution in [3.8, 4) is 5.75 Å². The number of benzene rings is 3. The van der Waals surface area contributed by atoms with Crippen molar-refractivity contribution in [2.75, 3.05) is 19.8 Å². The molecule has 1 aromatic heterocycles. The van der Waals surface area contributed by atoms with E-state index in [1.165, 1.54) is 24.3 Å². The lowest BCUT2D eigenvalue weighted by Crippen LogP contribution is -2.61. The summed E-state index contributed by atoms with van der Waals surface area (Å²) >= 11 is 0. The summed E-state index contributed by atoms with van der Waals surface area (Å²) in [7, 11) is 0. The molecule has 0 radical (unpaired) electrons. The van der Waals surface area contributed by atoms with E-state index >= 15 is 0 Å². The molecule has 10 atom stereocenters. The third kappa shape index (κ3) is 23.6. The van der Waals surface area contributed by atoms with Gasteiger partial charge in [0.1, 0.15) is 66.2 Å². The van der Waals surface area contributed by atoms with Gasteiger partial charge >= 0.3 is 5.97 Å². The number of hydrogen-bond acceptors (Lipinski definition) is 17. The Morgan fingerprint density at radius 2 is 0.854 bits per heavy atom. The van der Waals surface area contributed by atoms with Gasteiger partial charge in [0.25, 0.3) is 0 Å². The van der Waals surface area contributed by atoms with E-state index in [-0.39, 0.29) is 49.7 Å². The zero-order chi connectivity index (χ0) is 66.1. The molecule has 0 saturated heterocycles. The zero-order valence-corrected chi connectivity index (χ0v) is 49.7. The molecule has 1 heterocycles. The van der Waals surface area contributed by atoms with Crippen molar-refractivity contribution in [1.82, 2.24) is 52.8 Å². The van der Waals surface area contributed by atoms with Gasteiger partial charge in [0.2, 0.25) is 65.0 Å². The molecule has 0 aliphatic heterocycles. The molecule has 0 bridgehead atoms. The fourth-order valence-corrected chi connectivity index (χ4v) is 9.16. The number of para-hydroxylation sites is 1. The van der Waals surface area contributed by atoms with E-state index in [1.807, 2.05) is 0 Å². The third-order valence-corrected chi connectivity index (χ3v) is 13.8. The van der Waals surface area contributed by atoms with E-state index in [0.29, 0.717) is 27.6 Å². The Balaban J connectivity index is 1.63. The summed E-state index contributed by atoms with van der Waals surface area (Å²) < 4.78 is 0. The van der Waals surface area contributed by atoms with Crippen LogP contribution in [0.2, 0.25) is 0 Å². The van der Waals surface area contributed by atoms with E-state index in [9.17, 15) is 83.1 Å². The minimum Gasteiger partial charge on any atom is -0.508 e. The Labute approximate surface area is 512 Å². The number of phenolic OH excluding ortho intramolecular Hbond substituents is 1. The average molecular weight is 1240 g/mol. The second-order valence-electron chi connectivity index (χ2n) is 22.1. The SMILES string of the molecule is CC(C)C[C@H](NC(=O)[C@H](Cc1ccc(O)cc1)NC(=O)[C@H](CCC(N)=O)NC(=O)[C@H](CO)NC(=O)[C@H](Cc1ccccc1)NC(=O)[C@H](CC(N)=O)NC(=O)[C@H](CC(C)C)NC(=O)[C@@H](N)CO)C(=O)N[C@@H](Cc1c[nH]c2ccccc12)C(=O)N[C@@H](CO)C(=O)O. The number of aromatic amines is 1. The molecular weight excluding hydrogens is 1160 g/mol. The number of aliphatic hydroxyl groups excluding tert-OH is 3. The van der Waals surface area contributed by atoms with Crippen LogP contribution < -0.4 is 65.1 Å². The molecule has 21 N–H and O–H groups in total. The summed E-state index contributed by atoms with van der Waals surface area (Å²) in [4.78, 5) is 165. The minimum absolute atomic E-state index is 0.0114. The highest BCUT2D eigenvalue weighted by Gasteiger charge is 2.37. The van der Waals surface area contributed by atoms with Gasteiger partial charge in [-0.15, -0.1) is 0 Å². The fourth-order valence-electron chi connectivity index (χ4n) is 9.16. The van der Waals surface area contributed by atoms with Gasteiger partial charge in [-0.3, -0.25) is 52.7 Å². The first-order valence-corrected chi connectivity index (χ1v) is 28.6. The Morgan fingerprint density at radius 1 is 0.449 bits per heavy atom. The maximum Gasteiger partial charge on any atom is 0.328 e. The first-order chi connectivity index (χ1) is 42.1. The second-order valence-corrected chi connectivity index (χ2v) is 22.1. The number of fused-ring (bicyclic) bond motifs is 1. The van der Waals surface area contributed by atoms with Crippen LogP contribution in [0, 0.1) is 11.8 Å². The lowest BCUT2D eigenvalue weighted by atomic mass is 9.99. The van der Waals surface area contributed by atoms with Crippen LogP contribution in [0.15, 0.2) is 85.1 Å². The van der Waals surface area contributed by atoms with Crippen molar-refractivity contribution in [1.29, 1.82) is 0 Å². The number of aromatic hydroxyl groups is 1. The predicted molar refractivity (Wildman–Crippen MR) is 319 cm³/mol. The van der Waals surface area contributed by atoms with Gasteiger partial charge in [0, 0.05) is 42.8 Å². The fraction of sp³-hybridized carbons (Fsp3) is 0.458. The van der Waals surface area contributed by atoms with Gasteiger partial charge in [0.15, 0.2) is 0 Å². The topological polar surface area (TPSA) is 508 Å². The van der Waals surface area contributed by atoms with Gasteiger partial charge in [-0.2, -0.15) is 0 Å². The predicted octanol–water partition coefficient (Wildman–Crippen LogP) is -4.11. The van der Waals surface area contributed by atoms with Crippen LogP contribution in [0.1, 0.15) is 76.5 Å². The Kier molecular flexibility index (Phi) is 28.6. The number of carboxylic acid groups (broad SMARTS) is 1. The zero-order valence-electron chi connectivity index (χ0n) is 49.7. The molecule has 0 saturated carbocycles. The van der Waals surface area contributed by atoms with Crippen molar-refractivity contribution >= 4 is 81.9 Å². The smallest absolute Gasteiger partial charge is 0.328 e. The van der Waals surface area contributed by atoms with Crippen molar-refractivity contribution < 1.29 is 83.1 Å². The Morgan fingerprint density at radius 3 is 1.35 bits per heavy atom. The maximum atomic E-state index is 14.6. The third-order valence-electron chi connectivity index (χ3n) is 13.8. The molecule has 30 nitrogen and oxygen atoms in total. The molecule has 484 valence electrons. The molecule has 0 fully saturated rings. The minimum atomic E-state index is -1.92. The molecule has 0 unspecified atom stereocenters. The standard InChI is InChI=1S/C59H81N13O17/c1-30(2)20-40(65-50(79)37(60)27-73)52(81)70-45(25-49(62)78)57(86)68-42(22-32-10-6-5-7-11-32)55(84)71-46(28-74)58(87)64-39(18-19-48(61)77)51(80)67-43(23-33-14-16-35(76)17-15-33)54(83)66-41(21-31(3)4)53(82)69-44(56(85)72-47(29-75)59(88)89)24-34-26-63-38-13-9-8-12-36(34)38/h5-17,26,30-31,37,39-47,63,73-76H,18-25,27-29,60H2,1-4H3,(H2,61,77)(H2,62,78)(H,64,87)(H,65,79)(H,66,83)(H,67,80)(H,68,86)(H,69,82)(H,70,81)(H,71,84)(H,72,85)(H,88,89)/t37-,39-,40-,41-,42-,43-,44-,45-,46-,47-/m0/s1. The van der Waals surface area contributed by atoms with E-state index in [4.69, 9.17) is 17.2 Å². The molecule has 0 spiro atoms. The van der Waals surface area contributed by atoms with E-state index < -0.39 is 170 Å². The van der Waals surface area contributed by atoms with Crippen LogP contribution >= 0.6 is 0 Å². The highest BCUT2D eigenvalue weighted by atomic mass is 16.4. The highest BCUT2D eigenvalue weighted by molar-refractivity contribution is 6.00. The molecule has 89 heavy (non-hydrogen) atoms. The van der Waals surface area contributed by atoms with Gasteiger partial charge in [-0.25, -0.2) is 4.79 Å². The van der Waals surface area contributed by atoms with Gasteiger partial charge in [-0.05, 0) is 66.0 Å². The number of carboxylic acids is 1. The molecule has 0 aliphatic carbocycles. The van der Waals surface area contributed by atoms with E-state index in [2.05, 4.69) is 52.8 Å². The van der Waals surface area contributed by atoms with Crippen molar-refractivity contribution in [2.45, 2.75) is 139 Å². The van der Waals surface area contributed by atoms with Crippen molar-refractivity contribution in [3.63, 3.8) is 0 Å². The number of aliphatic hydroxyl groups is 3. The van der Waals surface area contributed by atoms with Gasteiger partial charge in [0.05, 0.1) is 26.2 Å². The number of aliphatic carboxylic acids is 1. The van der Waals surface area contributed by atoms with Crippen LogP contribution in [-0.2, 0) is 76.8 Å². The monoisotopic (exact) mass is 1240 g/mol. The van der Waals surface area contributed by atoms with E-state index in [0.717, 1.165) is 0 Å². The van der Waals surface area contributed by atoms with Crippen LogP contribution in [0.3, 0.4) is 0 Å². The number of primary amides is 2. The largest absolute Gasteiger partial charge is 0.508 e. The van der Waals surface area contributed by atoms with Crippen molar-refractivity contribution in [3.05, 3.63) is 102 Å². The average Bonchev–Trinajstić information content (AvgIpc) is 2.42. The van der Waals surface area contributed by atoms with Crippen LogP contribution in [0.5, 0.6) is 5.75 Å².